The summed E-state index contributed by atoms with van der Waals surface area (Å²) >= 11 is 0. The molecule has 2 N–H and O–H groups in total. The fourth-order valence-electron chi connectivity index (χ4n) is 1.32. The molecule has 19 heavy (non-hydrogen) atoms. The second-order valence-corrected chi connectivity index (χ2v) is 4.39. The average molecular weight is 267 g/mol. The van der Waals surface area contributed by atoms with Crippen LogP contribution in [0.25, 0.3) is 0 Å². The third-order valence-corrected chi connectivity index (χ3v) is 2.75. The molecule has 0 heterocycles. The second kappa shape index (κ2) is 5.71. The minimum Gasteiger partial charge on any atom is -0.496 e. The van der Waals surface area contributed by atoms with Crippen molar-refractivity contribution in [3.63, 3.8) is 0 Å². The SMILES string of the molecule is COc1cc(NC(=O)C(C)(C)OC)ccc1C(=O)O. The molecule has 0 aromatic heterocycles. The number of carboxylic acid groups (broad SMARTS) is 1. The van der Waals surface area contributed by atoms with Crippen LogP contribution in [-0.4, -0.2) is 36.8 Å². The molecule has 0 unspecified atom stereocenters. The Kier molecular flexibility index (Phi) is 4.50. The van der Waals surface area contributed by atoms with E-state index in [2.05, 4.69) is 5.32 Å². The number of aromatic carboxylic acids is 1. The zero-order valence-electron chi connectivity index (χ0n) is 11.3. The molecule has 0 aliphatic heterocycles. The molecule has 6 nitrogen and oxygen atoms in total. The van der Waals surface area contributed by atoms with Gasteiger partial charge in [0.25, 0.3) is 5.91 Å². The summed E-state index contributed by atoms with van der Waals surface area (Å²) in [5, 5.41) is 11.6. The zero-order chi connectivity index (χ0) is 14.6. The summed E-state index contributed by atoms with van der Waals surface area (Å²) in [5.74, 6) is -1.24. The summed E-state index contributed by atoms with van der Waals surface area (Å²) in [5.41, 5.74) is -0.498. The van der Waals surface area contributed by atoms with Gasteiger partial charge in [-0.1, -0.05) is 0 Å². The van der Waals surface area contributed by atoms with Gasteiger partial charge in [-0.3, -0.25) is 4.79 Å². The van der Waals surface area contributed by atoms with Crippen molar-refractivity contribution in [3.8, 4) is 5.75 Å². The molecular weight excluding hydrogens is 250 g/mol. The second-order valence-electron chi connectivity index (χ2n) is 4.39. The van der Waals surface area contributed by atoms with Crippen LogP contribution in [0.1, 0.15) is 24.2 Å². The Morgan fingerprint density at radius 3 is 2.37 bits per heavy atom. The van der Waals surface area contributed by atoms with E-state index >= 15 is 0 Å². The molecule has 0 fully saturated rings. The van der Waals surface area contributed by atoms with E-state index in [0.29, 0.717) is 5.69 Å². The van der Waals surface area contributed by atoms with Gasteiger partial charge in [-0.15, -0.1) is 0 Å². The topological polar surface area (TPSA) is 84.9 Å². The molecule has 0 saturated carbocycles. The lowest BCUT2D eigenvalue weighted by Crippen LogP contribution is -2.38. The lowest BCUT2D eigenvalue weighted by atomic mass is 10.1. The summed E-state index contributed by atoms with van der Waals surface area (Å²) in [6.07, 6.45) is 0. The Morgan fingerprint density at radius 2 is 1.89 bits per heavy atom. The van der Waals surface area contributed by atoms with Crippen LogP contribution >= 0.6 is 0 Å². The van der Waals surface area contributed by atoms with Gasteiger partial charge in [0.15, 0.2) is 0 Å². The summed E-state index contributed by atoms with van der Waals surface area (Å²) in [6, 6.07) is 4.32. The number of carboxylic acids is 1. The molecule has 1 amide bonds. The third-order valence-electron chi connectivity index (χ3n) is 2.75. The van der Waals surface area contributed by atoms with Crippen molar-refractivity contribution in [1.82, 2.24) is 0 Å². The van der Waals surface area contributed by atoms with E-state index in [4.69, 9.17) is 14.6 Å². The van der Waals surface area contributed by atoms with Gasteiger partial charge in [0.1, 0.15) is 16.9 Å². The number of ether oxygens (including phenoxy) is 2. The van der Waals surface area contributed by atoms with Crippen LogP contribution in [0.3, 0.4) is 0 Å². The molecule has 0 saturated heterocycles. The molecule has 0 bridgehead atoms. The summed E-state index contributed by atoms with van der Waals surface area (Å²) in [7, 11) is 2.81. The predicted octanol–water partition coefficient (Wildman–Crippen LogP) is 1.76. The van der Waals surface area contributed by atoms with E-state index < -0.39 is 11.6 Å². The number of carbonyl (C=O) groups is 2. The van der Waals surface area contributed by atoms with Crippen molar-refractivity contribution >= 4 is 17.6 Å². The van der Waals surface area contributed by atoms with E-state index in [1.807, 2.05) is 0 Å². The maximum absolute atomic E-state index is 11.9. The van der Waals surface area contributed by atoms with Gasteiger partial charge in [-0.25, -0.2) is 4.79 Å². The summed E-state index contributed by atoms with van der Waals surface area (Å²) in [4.78, 5) is 22.8. The predicted molar refractivity (Wildman–Crippen MR) is 69.7 cm³/mol. The van der Waals surface area contributed by atoms with Crippen molar-refractivity contribution < 1.29 is 24.2 Å². The minimum atomic E-state index is -1.09. The zero-order valence-corrected chi connectivity index (χ0v) is 11.3. The summed E-state index contributed by atoms with van der Waals surface area (Å²) < 4.78 is 10.0. The first kappa shape index (κ1) is 15.0. The minimum absolute atomic E-state index is 0.0338. The van der Waals surface area contributed by atoms with E-state index in [1.165, 1.54) is 32.4 Å². The molecule has 0 atom stereocenters. The van der Waals surface area contributed by atoms with Crippen LogP contribution in [0.15, 0.2) is 18.2 Å². The first-order chi connectivity index (χ1) is 8.81. The van der Waals surface area contributed by atoms with Crippen LogP contribution in [0.2, 0.25) is 0 Å². The first-order valence-corrected chi connectivity index (χ1v) is 5.59. The quantitative estimate of drug-likeness (QED) is 0.849. The molecule has 0 radical (unpaired) electrons. The van der Waals surface area contributed by atoms with Gasteiger partial charge in [0.2, 0.25) is 0 Å². The van der Waals surface area contributed by atoms with Crippen LogP contribution in [0.4, 0.5) is 5.69 Å². The van der Waals surface area contributed by atoms with Gasteiger partial charge in [0.05, 0.1) is 7.11 Å². The molecule has 104 valence electrons. The highest BCUT2D eigenvalue weighted by Crippen LogP contribution is 2.24. The molecule has 0 aliphatic rings. The molecule has 0 spiro atoms. The molecule has 1 aromatic carbocycles. The number of amides is 1. The van der Waals surface area contributed by atoms with Crippen molar-refractivity contribution in [3.05, 3.63) is 23.8 Å². The number of rotatable bonds is 5. The van der Waals surface area contributed by atoms with E-state index in [9.17, 15) is 9.59 Å². The van der Waals surface area contributed by atoms with Crippen LogP contribution in [0.5, 0.6) is 5.75 Å². The smallest absolute Gasteiger partial charge is 0.339 e. The van der Waals surface area contributed by atoms with Crippen LogP contribution in [0, 0.1) is 0 Å². The van der Waals surface area contributed by atoms with E-state index in [-0.39, 0.29) is 17.2 Å². The highest BCUT2D eigenvalue weighted by atomic mass is 16.5. The normalized spacial score (nSPS) is 10.9. The third kappa shape index (κ3) is 3.45. The van der Waals surface area contributed by atoms with Gasteiger partial charge in [-0.05, 0) is 26.0 Å². The van der Waals surface area contributed by atoms with Crippen molar-refractivity contribution in [2.24, 2.45) is 0 Å². The Morgan fingerprint density at radius 1 is 1.26 bits per heavy atom. The van der Waals surface area contributed by atoms with Crippen molar-refractivity contribution in [2.75, 3.05) is 19.5 Å². The molecule has 0 aliphatic carbocycles. The maximum atomic E-state index is 11.9. The number of nitrogens with one attached hydrogen (secondary N) is 1. The highest BCUT2D eigenvalue weighted by Gasteiger charge is 2.27. The van der Waals surface area contributed by atoms with Gasteiger partial charge in [-0.2, -0.15) is 0 Å². The molecule has 6 heteroatoms. The number of anilines is 1. The van der Waals surface area contributed by atoms with Crippen molar-refractivity contribution in [2.45, 2.75) is 19.4 Å². The Balaban J connectivity index is 2.98. The average Bonchev–Trinajstić information content (AvgIpc) is 2.38. The number of carbonyl (C=O) groups excluding carboxylic acids is 1. The number of benzene rings is 1. The number of hydrogen-bond acceptors (Lipinski definition) is 4. The summed E-state index contributed by atoms with van der Waals surface area (Å²) in [6.45, 7) is 3.26. The van der Waals surface area contributed by atoms with E-state index in [1.54, 1.807) is 13.8 Å². The Labute approximate surface area is 111 Å². The first-order valence-electron chi connectivity index (χ1n) is 5.59. The largest absolute Gasteiger partial charge is 0.496 e. The number of methoxy groups -OCH3 is 2. The molecular formula is C13H17NO5. The molecule has 1 aromatic rings. The lowest BCUT2D eigenvalue weighted by Gasteiger charge is -2.21. The van der Waals surface area contributed by atoms with E-state index in [0.717, 1.165) is 0 Å². The highest BCUT2D eigenvalue weighted by molar-refractivity contribution is 5.98. The lowest BCUT2D eigenvalue weighted by molar-refractivity contribution is -0.133. The molecule has 1 rings (SSSR count). The Hall–Kier alpha value is -2.08. The van der Waals surface area contributed by atoms with Gasteiger partial charge in [0, 0.05) is 18.9 Å². The van der Waals surface area contributed by atoms with Gasteiger partial charge < -0.3 is 19.9 Å². The maximum Gasteiger partial charge on any atom is 0.339 e. The fourth-order valence-corrected chi connectivity index (χ4v) is 1.32. The van der Waals surface area contributed by atoms with Crippen LogP contribution in [-0.2, 0) is 9.53 Å². The monoisotopic (exact) mass is 267 g/mol. The fraction of sp³-hybridized carbons (Fsp3) is 0.385. The van der Waals surface area contributed by atoms with Gasteiger partial charge >= 0.3 is 5.97 Å². The number of hydrogen-bond donors (Lipinski definition) is 2. The standard InChI is InChI=1S/C13H17NO5/c1-13(2,19-4)12(17)14-8-5-6-9(11(15)16)10(7-8)18-3/h5-7H,1-4H3,(H,14,17)(H,15,16). The Bertz CT molecular complexity index is 496. The van der Waals surface area contributed by atoms with Crippen LogP contribution < -0.4 is 10.1 Å². The van der Waals surface area contributed by atoms with Crippen molar-refractivity contribution in [1.29, 1.82) is 0 Å².